The van der Waals surface area contributed by atoms with Crippen LogP contribution in [0.4, 0.5) is 0 Å². The first-order valence-corrected chi connectivity index (χ1v) is 6.72. The fourth-order valence-electron chi connectivity index (χ4n) is 2.85. The average molecular weight is 251 g/mol. The van der Waals surface area contributed by atoms with E-state index in [-0.39, 0.29) is 11.8 Å². The van der Waals surface area contributed by atoms with Gasteiger partial charge in [0.1, 0.15) is 5.71 Å². The Hall–Kier alpha value is -1.39. The van der Waals surface area contributed by atoms with Gasteiger partial charge in [0.25, 0.3) is 5.91 Å². The minimum atomic E-state index is -0.111. The van der Waals surface area contributed by atoms with E-state index >= 15 is 0 Å². The molecule has 0 saturated heterocycles. The van der Waals surface area contributed by atoms with Crippen molar-refractivity contribution in [2.45, 2.75) is 51.5 Å². The summed E-state index contributed by atoms with van der Waals surface area (Å²) in [5.41, 5.74) is 2.86. The van der Waals surface area contributed by atoms with E-state index in [1.54, 1.807) is 0 Å². The number of nitrogens with one attached hydrogen (secondary N) is 1. The van der Waals surface area contributed by atoms with E-state index in [4.69, 9.17) is 0 Å². The normalized spacial score (nSPS) is 28.3. The molecule has 1 N–H and O–H groups in total. The van der Waals surface area contributed by atoms with Gasteiger partial charge in [-0.15, -0.1) is 0 Å². The summed E-state index contributed by atoms with van der Waals surface area (Å²) in [7, 11) is 1.85. The second-order valence-electron chi connectivity index (χ2n) is 5.34. The number of hydrazone groups is 1. The maximum absolute atomic E-state index is 12.3. The minimum Gasteiger partial charge on any atom is -0.337 e. The number of rotatable bonds is 2. The molecule has 2 atom stereocenters. The lowest BCUT2D eigenvalue weighted by Crippen LogP contribution is -2.46. The number of carbonyl (C=O) groups is 2. The molecule has 0 aromatic rings. The average Bonchev–Trinajstić information content (AvgIpc) is 2.38. The highest BCUT2D eigenvalue weighted by Gasteiger charge is 2.30. The Bertz CT molecular complexity index is 378. The highest BCUT2D eigenvalue weighted by atomic mass is 16.2. The van der Waals surface area contributed by atoms with E-state index in [0.29, 0.717) is 30.5 Å². The monoisotopic (exact) mass is 251 g/mol. The topological polar surface area (TPSA) is 61.8 Å². The summed E-state index contributed by atoms with van der Waals surface area (Å²) >= 11 is 0. The molecule has 2 rings (SSSR count). The Labute approximate surface area is 108 Å². The Balaban J connectivity index is 2.01. The van der Waals surface area contributed by atoms with Crippen LogP contribution in [0.3, 0.4) is 0 Å². The first kappa shape index (κ1) is 13.1. The lowest BCUT2D eigenvalue weighted by Gasteiger charge is -2.36. The number of amides is 2. The maximum Gasteiger partial charge on any atom is 0.270 e. The molecule has 0 bridgehead atoms. The Morgan fingerprint density at radius 3 is 2.67 bits per heavy atom. The standard InChI is InChI=1S/C13H21N3O2/c1-9-5-3-4-6-11(9)16(2)13(18)10-7-8-12(17)15-14-10/h9,11H,3-8H2,1-2H3,(H,15,17). The van der Waals surface area contributed by atoms with E-state index < -0.39 is 0 Å². The molecule has 0 radical (unpaired) electrons. The van der Waals surface area contributed by atoms with E-state index in [1.165, 1.54) is 19.3 Å². The third-order valence-corrected chi connectivity index (χ3v) is 4.04. The highest BCUT2D eigenvalue weighted by molar-refractivity contribution is 6.39. The van der Waals surface area contributed by atoms with Crippen molar-refractivity contribution in [2.24, 2.45) is 11.0 Å². The van der Waals surface area contributed by atoms with Crippen molar-refractivity contribution in [1.29, 1.82) is 0 Å². The third-order valence-electron chi connectivity index (χ3n) is 4.04. The largest absolute Gasteiger partial charge is 0.337 e. The highest BCUT2D eigenvalue weighted by Crippen LogP contribution is 2.27. The summed E-state index contributed by atoms with van der Waals surface area (Å²) < 4.78 is 0. The second-order valence-corrected chi connectivity index (χ2v) is 5.34. The predicted molar refractivity (Wildman–Crippen MR) is 69.0 cm³/mol. The molecule has 0 spiro atoms. The molecular formula is C13H21N3O2. The van der Waals surface area contributed by atoms with Gasteiger partial charge in [0.15, 0.2) is 0 Å². The molecule has 100 valence electrons. The van der Waals surface area contributed by atoms with Crippen LogP contribution < -0.4 is 5.43 Å². The summed E-state index contributed by atoms with van der Waals surface area (Å²) in [6.45, 7) is 2.21. The Morgan fingerprint density at radius 2 is 2.06 bits per heavy atom. The van der Waals surface area contributed by atoms with Gasteiger partial charge in [0.2, 0.25) is 5.91 Å². The Kier molecular flexibility index (Phi) is 3.99. The lowest BCUT2D eigenvalue weighted by molar-refractivity contribution is -0.126. The van der Waals surface area contributed by atoms with Crippen LogP contribution in [0, 0.1) is 5.92 Å². The van der Waals surface area contributed by atoms with Gasteiger partial charge >= 0.3 is 0 Å². The fraction of sp³-hybridized carbons (Fsp3) is 0.769. The SMILES string of the molecule is CC1CCCCC1N(C)C(=O)C1=NNC(=O)CC1. The fourth-order valence-corrected chi connectivity index (χ4v) is 2.85. The van der Waals surface area contributed by atoms with E-state index in [1.807, 2.05) is 11.9 Å². The molecule has 2 aliphatic rings. The molecule has 0 aromatic heterocycles. The van der Waals surface area contributed by atoms with Crippen LogP contribution in [0.15, 0.2) is 5.10 Å². The number of nitrogens with zero attached hydrogens (tertiary/aromatic N) is 2. The lowest BCUT2D eigenvalue weighted by atomic mass is 9.85. The van der Waals surface area contributed by atoms with Gasteiger partial charge in [-0.2, -0.15) is 5.10 Å². The third kappa shape index (κ3) is 2.71. The van der Waals surface area contributed by atoms with Crippen molar-refractivity contribution in [3.63, 3.8) is 0 Å². The summed E-state index contributed by atoms with van der Waals surface area (Å²) in [6.07, 6.45) is 5.52. The van der Waals surface area contributed by atoms with Crippen LogP contribution in [0.25, 0.3) is 0 Å². The van der Waals surface area contributed by atoms with Crippen molar-refractivity contribution in [3.05, 3.63) is 0 Å². The van der Waals surface area contributed by atoms with Gasteiger partial charge in [-0.1, -0.05) is 19.8 Å². The molecule has 1 fully saturated rings. The molecule has 1 saturated carbocycles. The van der Waals surface area contributed by atoms with Gasteiger partial charge in [-0.05, 0) is 18.8 Å². The second kappa shape index (κ2) is 5.50. The Morgan fingerprint density at radius 1 is 1.33 bits per heavy atom. The number of hydrogen-bond acceptors (Lipinski definition) is 3. The molecule has 18 heavy (non-hydrogen) atoms. The van der Waals surface area contributed by atoms with Crippen LogP contribution in [0.1, 0.15) is 45.4 Å². The zero-order valence-corrected chi connectivity index (χ0v) is 11.1. The molecule has 0 aromatic carbocycles. The zero-order chi connectivity index (χ0) is 13.1. The first-order chi connectivity index (χ1) is 8.59. The molecular weight excluding hydrogens is 230 g/mol. The zero-order valence-electron chi connectivity index (χ0n) is 11.1. The summed E-state index contributed by atoms with van der Waals surface area (Å²) in [5.74, 6) is 0.403. The van der Waals surface area contributed by atoms with Crippen molar-refractivity contribution in [2.75, 3.05) is 7.05 Å². The van der Waals surface area contributed by atoms with Gasteiger partial charge in [0, 0.05) is 25.9 Å². The first-order valence-electron chi connectivity index (χ1n) is 6.72. The predicted octanol–water partition coefficient (Wildman–Crippen LogP) is 1.29. The quantitative estimate of drug-likeness (QED) is 0.804. The number of carbonyl (C=O) groups excluding carboxylic acids is 2. The summed E-state index contributed by atoms with van der Waals surface area (Å²) in [5, 5.41) is 3.88. The summed E-state index contributed by atoms with van der Waals surface area (Å²) in [4.78, 5) is 25.1. The van der Waals surface area contributed by atoms with Crippen LogP contribution in [-0.4, -0.2) is 35.5 Å². The van der Waals surface area contributed by atoms with E-state index in [2.05, 4.69) is 17.5 Å². The van der Waals surface area contributed by atoms with Crippen molar-refractivity contribution in [3.8, 4) is 0 Å². The van der Waals surface area contributed by atoms with Crippen LogP contribution in [0.5, 0.6) is 0 Å². The smallest absolute Gasteiger partial charge is 0.270 e. The van der Waals surface area contributed by atoms with E-state index in [0.717, 1.165) is 6.42 Å². The molecule has 1 aliphatic carbocycles. The molecule has 2 unspecified atom stereocenters. The summed E-state index contributed by atoms with van der Waals surface area (Å²) in [6, 6.07) is 0.312. The molecule has 2 amide bonds. The molecule has 1 aliphatic heterocycles. The van der Waals surface area contributed by atoms with Gasteiger partial charge < -0.3 is 4.90 Å². The minimum absolute atomic E-state index is 0.0336. The van der Waals surface area contributed by atoms with Gasteiger partial charge in [0.05, 0.1) is 0 Å². The van der Waals surface area contributed by atoms with Crippen molar-refractivity contribution >= 4 is 17.5 Å². The van der Waals surface area contributed by atoms with Crippen LogP contribution >= 0.6 is 0 Å². The number of hydrogen-bond donors (Lipinski definition) is 1. The van der Waals surface area contributed by atoms with E-state index in [9.17, 15) is 9.59 Å². The molecule has 1 heterocycles. The van der Waals surface area contributed by atoms with Crippen LogP contribution in [-0.2, 0) is 9.59 Å². The van der Waals surface area contributed by atoms with Gasteiger partial charge in [-0.3, -0.25) is 9.59 Å². The van der Waals surface area contributed by atoms with Crippen LogP contribution in [0.2, 0.25) is 0 Å². The van der Waals surface area contributed by atoms with Crippen molar-refractivity contribution < 1.29 is 9.59 Å². The molecule has 5 nitrogen and oxygen atoms in total. The van der Waals surface area contributed by atoms with Gasteiger partial charge in [-0.25, -0.2) is 5.43 Å². The van der Waals surface area contributed by atoms with Crippen molar-refractivity contribution in [1.82, 2.24) is 10.3 Å². The maximum atomic E-state index is 12.3. The molecule has 5 heteroatoms.